The maximum atomic E-state index is 4.30. The molecule has 20 heavy (non-hydrogen) atoms. The minimum atomic E-state index is 0.463. The highest BCUT2D eigenvalue weighted by atomic mass is 15.4. The fraction of sp³-hybridized carbons (Fsp3) is 0.500. The summed E-state index contributed by atoms with van der Waals surface area (Å²) in [7, 11) is 0. The predicted octanol–water partition coefficient (Wildman–Crippen LogP) is 2.64. The van der Waals surface area contributed by atoms with Gasteiger partial charge in [-0.2, -0.15) is 0 Å². The molecule has 1 aliphatic rings. The molecule has 1 N–H and O–H groups in total. The summed E-state index contributed by atoms with van der Waals surface area (Å²) in [5.74, 6) is 0. The summed E-state index contributed by atoms with van der Waals surface area (Å²) in [5, 5.41) is 11.9. The molecule has 0 saturated heterocycles. The van der Waals surface area contributed by atoms with E-state index in [1.165, 1.54) is 36.1 Å². The summed E-state index contributed by atoms with van der Waals surface area (Å²) in [6.07, 6.45) is 6.97. The number of nitrogens with one attached hydrogen (secondary N) is 1. The Kier molecular flexibility index (Phi) is 3.83. The van der Waals surface area contributed by atoms with Crippen LogP contribution in [-0.4, -0.2) is 21.0 Å². The van der Waals surface area contributed by atoms with Crippen LogP contribution in [0, 0.1) is 0 Å². The Labute approximate surface area is 120 Å². The zero-order valence-electron chi connectivity index (χ0n) is 12.3. The normalized spacial score (nSPS) is 14.6. The van der Waals surface area contributed by atoms with Crippen molar-refractivity contribution in [2.45, 2.75) is 52.1 Å². The maximum Gasteiger partial charge on any atom is 0.0969 e. The van der Waals surface area contributed by atoms with E-state index in [2.05, 4.69) is 47.7 Å². The van der Waals surface area contributed by atoms with Crippen LogP contribution < -0.4 is 5.32 Å². The zero-order chi connectivity index (χ0) is 13.9. The van der Waals surface area contributed by atoms with Gasteiger partial charge in [-0.15, -0.1) is 5.10 Å². The van der Waals surface area contributed by atoms with Gasteiger partial charge in [-0.25, -0.2) is 4.68 Å². The lowest BCUT2D eigenvalue weighted by Crippen LogP contribution is -2.21. The summed E-state index contributed by atoms with van der Waals surface area (Å²) >= 11 is 0. The molecule has 0 radical (unpaired) electrons. The molecule has 2 aromatic rings. The first-order valence-corrected chi connectivity index (χ1v) is 7.50. The number of hydrogen-bond acceptors (Lipinski definition) is 3. The first-order chi connectivity index (χ1) is 9.74. The van der Waals surface area contributed by atoms with Gasteiger partial charge in [-0.05, 0) is 42.9 Å². The van der Waals surface area contributed by atoms with Gasteiger partial charge in [-0.3, -0.25) is 0 Å². The number of aryl methyl sites for hydroxylation is 1. The van der Waals surface area contributed by atoms with Crippen molar-refractivity contribution in [3.8, 4) is 5.69 Å². The quantitative estimate of drug-likeness (QED) is 0.928. The minimum absolute atomic E-state index is 0.463. The van der Waals surface area contributed by atoms with Crippen molar-refractivity contribution >= 4 is 0 Å². The molecule has 4 heteroatoms. The standard InChI is InChI=1S/C16H22N4/c1-12(2)17-10-14-11-20(19-18-14)16-9-5-7-13-6-3-4-8-15(13)16/h5,7,9,11-12,17H,3-4,6,8,10H2,1-2H3. The van der Waals surface area contributed by atoms with Crippen LogP contribution in [0.5, 0.6) is 0 Å². The van der Waals surface area contributed by atoms with E-state index in [1.54, 1.807) is 0 Å². The fourth-order valence-corrected chi connectivity index (χ4v) is 2.78. The first kappa shape index (κ1) is 13.3. The van der Waals surface area contributed by atoms with Crippen molar-refractivity contribution in [3.05, 3.63) is 41.2 Å². The molecular formula is C16H22N4. The Hall–Kier alpha value is -1.68. The molecule has 0 amide bonds. The highest BCUT2D eigenvalue weighted by molar-refractivity contribution is 5.46. The van der Waals surface area contributed by atoms with E-state index < -0.39 is 0 Å². The summed E-state index contributed by atoms with van der Waals surface area (Å²) in [4.78, 5) is 0. The lowest BCUT2D eigenvalue weighted by atomic mass is 9.90. The number of fused-ring (bicyclic) bond motifs is 1. The molecule has 0 unspecified atom stereocenters. The van der Waals surface area contributed by atoms with Crippen molar-refractivity contribution in [2.75, 3.05) is 0 Å². The van der Waals surface area contributed by atoms with E-state index in [0.717, 1.165) is 18.7 Å². The van der Waals surface area contributed by atoms with Gasteiger partial charge >= 0.3 is 0 Å². The molecule has 1 aromatic carbocycles. The topological polar surface area (TPSA) is 42.7 Å². The molecular weight excluding hydrogens is 248 g/mol. The lowest BCUT2D eigenvalue weighted by Gasteiger charge is -2.18. The number of rotatable bonds is 4. The molecule has 1 aliphatic carbocycles. The van der Waals surface area contributed by atoms with Crippen molar-refractivity contribution in [2.24, 2.45) is 0 Å². The average Bonchev–Trinajstić information content (AvgIpc) is 2.93. The van der Waals surface area contributed by atoms with Gasteiger partial charge in [0.05, 0.1) is 17.6 Å². The van der Waals surface area contributed by atoms with E-state index in [-0.39, 0.29) is 0 Å². The zero-order valence-corrected chi connectivity index (χ0v) is 12.3. The molecule has 0 atom stereocenters. The van der Waals surface area contributed by atoms with Gasteiger partial charge in [-0.1, -0.05) is 31.2 Å². The van der Waals surface area contributed by atoms with Crippen LogP contribution in [0.25, 0.3) is 5.69 Å². The maximum absolute atomic E-state index is 4.30. The highest BCUT2D eigenvalue weighted by Crippen LogP contribution is 2.26. The Morgan fingerprint density at radius 2 is 2.10 bits per heavy atom. The van der Waals surface area contributed by atoms with Gasteiger partial charge < -0.3 is 5.32 Å². The summed E-state index contributed by atoms with van der Waals surface area (Å²) in [6, 6.07) is 6.99. The first-order valence-electron chi connectivity index (χ1n) is 7.50. The predicted molar refractivity (Wildman–Crippen MR) is 80.0 cm³/mol. The van der Waals surface area contributed by atoms with E-state index in [4.69, 9.17) is 0 Å². The number of nitrogens with zero attached hydrogens (tertiary/aromatic N) is 3. The number of aromatic nitrogens is 3. The molecule has 0 fully saturated rings. The van der Waals surface area contributed by atoms with E-state index in [1.807, 2.05) is 10.9 Å². The van der Waals surface area contributed by atoms with Crippen LogP contribution in [0.3, 0.4) is 0 Å². The lowest BCUT2D eigenvalue weighted by molar-refractivity contribution is 0.580. The molecule has 1 heterocycles. The van der Waals surface area contributed by atoms with E-state index >= 15 is 0 Å². The van der Waals surface area contributed by atoms with Crippen LogP contribution in [0.1, 0.15) is 43.5 Å². The molecule has 0 spiro atoms. The van der Waals surface area contributed by atoms with Gasteiger partial charge in [0, 0.05) is 12.6 Å². The second-order valence-corrected chi connectivity index (χ2v) is 5.81. The van der Waals surface area contributed by atoms with Gasteiger partial charge in [0.15, 0.2) is 0 Å². The molecule has 0 bridgehead atoms. The third kappa shape index (κ3) is 2.75. The largest absolute Gasteiger partial charge is 0.309 e. The van der Waals surface area contributed by atoms with Gasteiger partial charge in [0.2, 0.25) is 0 Å². The Balaban J connectivity index is 1.86. The molecule has 1 aromatic heterocycles. The Morgan fingerprint density at radius 3 is 2.95 bits per heavy atom. The summed E-state index contributed by atoms with van der Waals surface area (Å²) < 4.78 is 1.93. The average molecular weight is 270 g/mol. The summed E-state index contributed by atoms with van der Waals surface area (Å²) in [6.45, 7) is 5.04. The van der Waals surface area contributed by atoms with Crippen molar-refractivity contribution < 1.29 is 0 Å². The van der Waals surface area contributed by atoms with Crippen LogP contribution in [0.15, 0.2) is 24.4 Å². The second kappa shape index (κ2) is 5.75. The van der Waals surface area contributed by atoms with Crippen LogP contribution >= 0.6 is 0 Å². The van der Waals surface area contributed by atoms with Gasteiger partial charge in [0.25, 0.3) is 0 Å². The Bertz CT molecular complexity index is 586. The van der Waals surface area contributed by atoms with Crippen LogP contribution in [-0.2, 0) is 19.4 Å². The molecule has 3 rings (SSSR count). The second-order valence-electron chi connectivity index (χ2n) is 5.81. The highest BCUT2D eigenvalue weighted by Gasteiger charge is 2.15. The molecule has 0 aliphatic heterocycles. The smallest absolute Gasteiger partial charge is 0.0969 e. The van der Waals surface area contributed by atoms with Crippen molar-refractivity contribution in [1.82, 2.24) is 20.3 Å². The Morgan fingerprint density at radius 1 is 1.25 bits per heavy atom. The summed E-state index contributed by atoms with van der Waals surface area (Å²) in [5.41, 5.74) is 5.12. The van der Waals surface area contributed by atoms with Crippen molar-refractivity contribution in [1.29, 1.82) is 0 Å². The molecule has 4 nitrogen and oxygen atoms in total. The van der Waals surface area contributed by atoms with Crippen LogP contribution in [0.4, 0.5) is 0 Å². The third-order valence-electron chi connectivity index (χ3n) is 3.85. The van der Waals surface area contributed by atoms with Crippen molar-refractivity contribution in [3.63, 3.8) is 0 Å². The van der Waals surface area contributed by atoms with E-state index in [0.29, 0.717) is 6.04 Å². The molecule has 106 valence electrons. The van der Waals surface area contributed by atoms with Crippen LogP contribution in [0.2, 0.25) is 0 Å². The monoisotopic (exact) mass is 270 g/mol. The third-order valence-corrected chi connectivity index (χ3v) is 3.85. The number of benzene rings is 1. The molecule has 0 saturated carbocycles. The SMILES string of the molecule is CC(C)NCc1cn(-c2cccc3c2CCCC3)nn1. The minimum Gasteiger partial charge on any atom is -0.309 e. The van der Waals surface area contributed by atoms with E-state index in [9.17, 15) is 0 Å². The van der Waals surface area contributed by atoms with Gasteiger partial charge in [0.1, 0.15) is 0 Å². The fourth-order valence-electron chi connectivity index (χ4n) is 2.78. The number of hydrogen-bond donors (Lipinski definition) is 1.